The van der Waals surface area contributed by atoms with E-state index in [0.717, 1.165) is 3.57 Å². The average Bonchev–Trinajstić information content (AvgIpc) is 3.37. The molecule has 5 rings (SSSR count). The fourth-order valence-corrected chi connectivity index (χ4v) is 7.02. The van der Waals surface area contributed by atoms with Crippen molar-refractivity contribution in [2.45, 2.75) is 46.4 Å². The Balaban J connectivity index is 1.68. The van der Waals surface area contributed by atoms with E-state index in [-0.39, 0.29) is 30.5 Å². The van der Waals surface area contributed by atoms with Crippen molar-refractivity contribution in [2.75, 3.05) is 20.8 Å². The maximum atomic E-state index is 14.4. The highest BCUT2D eigenvalue weighted by Gasteiger charge is 2.34. The molecule has 1 aliphatic heterocycles. The van der Waals surface area contributed by atoms with E-state index in [4.69, 9.17) is 28.7 Å². The number of halogens is 1. The summed E-state index contributed by atoms with van der Waals surface area (Å²) in [5, 5.41) is 9.57. The molecule has 0 unspecified atom stereocenters. The lowest BCUT2D eigenvalue weighted by molar-refractivity contribution is -0.139. The van der Waals surface area contributed by atoms with Crippen LogP contribution in [-0.2, 0) is 16.1 Å². The summed E-state index contributed by atoms with van der Waals surface area (Å²) >= 11 is 3.38. The molecule has 0 amide bonds. The number of nitrogens with zero attached hydrogens (tertiary/aromatic N) is 3. The van der Waals surface area contributed by atoms with E-state index >= 15 is 0 Å². The van der Waals surface area contributed by atoms with Gasteiger partial charge in [0.15, 0.2) is 27.8 Å². The number of methoxy groups -OCH3 is 2. The van der Waals surface area contributed by atoms with E-state index in [9.17, 15) is 14.9 Å². The quantitative estimate of drug-likeness (QED) is 0.141. The van der Waals surface area contributed by atoms with Crippen LogP contribution in [-0.4, -0.2) is 37.5 Å². The molecule has 3 aromatic carbocycles. The lowest BCUT2D eigenvalue weighted by atomic mass is 9.95. The minimum atomic E-state index is -0.840. The van der Waals surface area contributed by atoms with Crippen LogP contribution in [0.1, 0.15) is 56.0 Å². The molecule has 4 aromatic rings. The van der Waals surface area contributed by atoms with E-state index < -0.39 is 12.0 Å². The minimum Gasteiger partial charge on any atom is -0.493 e. The third-order valence-corrected chi connectivity index (χ3v) is 9.05. The Bertz CT molecular complexity index is 2130. The summed E-state index contributed by atoms with van der Waals surface area (Å²) < 4.78 is 31.7. The average molecular weight is 780 g/mol. The molecule has 0 N–H and O–H groups in total. The molecule has 10 nitrogen and oxygen atoms in total. The third kappa shape index (κ3) is 7.12. The molecule has 1 aromatic heterocycles. The van der Waals surface area contributed by atoms with E-state index in [1.54, 1.807) is 58.4 Å². The first kappa shape index (κ1) is 34.7. The van der Waals surface area contributed by atoms with E-state index in [1.807, 2.05) is 44.2 Å². The van der Waals surface area contributed by atoms with Crippen molar-refractivity contribution in [3.8, 4) is 29.1 Å². The van der Waals surface area contributed by atoms with Gasteiger partial charge >= 0.3 is 5.97 Å². The molecule has 0 bridgehead atoms. The highest BCUT2D eigenvalue weighted by molar-refractivity contribution is 14.1. The predicted octanol–water partition coefficient (Wildman–Crippen LogP) is 5.66. The maximum absolute atomic E-state index is 14.4. The lowest BCUT2D eigenvalue weighted by Crippen LogP contribution is -2.40. The summed E-state index contributed by atoms with van der Waals surface area (Å²) in [4.78, 5) is 32.9. The van der Waals surface area contributed by atoms with Crippen LogP contribution in [0.15, 0.2) is 75.7 Å². The SMILES string of the molecule is CCOC(=O)C1=C(C)N=c2s/c(=C/c3cc(I)cc(OC)c3OCc3ccccc3C#N)c(=O)n2[C@@H]1c1ccc(OC(C)C)c(OC)c1. The molecule has 2 heterocycles. The highest BCUT2D eigenvalue weighted by Crippen LogP contribution is 2.37. The summed E-state index contributed by atoms with van der Waals surface area (Å²) in [6.45, 7) is 7.57. The number of allylic oxidation sites excluding steroid dienone is 1. The van der Waals surface area contributed by atoms with Gasteiger partial charge in [-0.15, -0.1) is 0 Å². The number of nitriles is 1. The minimum absolute atomic E-state index is 0.0886. The maximum Gasteiger partial charge on any atom is 0.338 e. The molecule has 0 spiro atoms. The summed E-state index contributed by atoms with van der Waals surface area (Å²) in [6.07, 6.45) is 1.65. The second-order valence-electron chi connectivity index (χ2n) is 11.0. The molecule has 0 fully saturated rings. The van der Waals surface area contributed by atoms with Crippen molar-refractivity contribution in [3.63, 3.8) is 0 Å². The van der Waals surface area contributed by atoms with Crippen LogP contribution in [0.2, 0.25) is 0 Å². The van der Waals surface area contributed by atoms with Crippen LogP contribution >= 0.6 is 33.9 Å². The summed E-state index contributed by atoms with van der Waals surface area (Å²) in [7, 11) is 3.09. The zero-order valence-corrected chi connectivity index (χ0v) is 30.3. The van der Waals surface area contributed by atoms with Crippen molar-refractivity contribution in [2.24, 2.45) is 4.99 Å². The number of aromatic nitrogens is 1. The molecule has 248 valence electrons. The fraction of sp³-hybridized carbons (Fsp3) is 0.278. The van der Waals surface area contributed by atoms with Crippen LogP contribution < -0.4 is 33.8 Å². The van der Waals surface area contributed by atoms with E-state index in [2.05, 4.69) is 28.7 Å². The second-order valence-corrected chi connectivity index (χ2v) is 13.2. The van der Waals surface area contributed by atoms with Gasteiger partial charge in [0.1, 0.15) is 6.61 Å². The van der Waals surface area contributed by atoms with Crippen LogP contribution in [0.3, 0.4) is 0 Å². The molecule has 0 saturated heterocycles. The first-order valence-electron chi connectivity index (χ1n) is 15.1. The Kier molecular flexibility index (Phi) is 10.9. The van der Waals surface area contributed by atoms with Gasteiger partial charge in [0.2, 0.25) is 0 Å². The molecule has 1 aliphatic rings. The molecule has 1 atom stereocenters. The smallest absolute Gasteiger partial charge is 0.338 e. The van der Waals surface area contributed by atoms with Crippen LogP contribution in [0.4, 0.5) is 0 Å². The number of hydrogen-bond acceptors (Lipinski definition) is 10. The van der Waals surface area contributed by atoms with Gasteiger partial charge in [0.25, 0.3) is 5.56 Å². The second kappa shape index (κ2) is 15.1. The van der Waals surface area contributed by atoms with E-state index in [1.165, 1.54) is 15.9 Å². The molecular formula is C36H34IN3O7S. The molecule has 0 radical (unpaired) electrons. The van der Waals surface area contributed by atoms with Gasteiger partial charge in [-0.3, -0.25) is 9.36 Å². The topological polar surface area (TPSA) is 121 Å². The Hall–Kier alpha value is -4.61. The Morgan fingerprint density at radius 1 is 1.10 bits per heavy atom. The number of thiazole rings is 1. The standard InChI is InChI=1S/C36H34IN3O7S/c1-7-45-35(42)31-21(4)39-36-40(32(31)22-12-13-27(47-20(2)3)28(15-22)43-5)34(41)30(48-36)16-25-14-26(37)17-29(44-6)33(25)46-19-24-11-9-8-10-23(24)18-38/h8-17,20,32H,7,19H2,1-6H3/b30-16+/t32-/m1/s1. The van der Waals surface area contributed by atoms with Crippen molar-refractivity contribution in [1.82, 2.24) is 4.57 Å². The molecule has 0 aliphatic carbocycles. The number of rotatable bonds is 11. The molecule has 48 heavy (non-hydrogen) atoms. The fourth-order valence-electron chi connectivity index (χ4n) is 5.36. The van der Waals surface area contributed by atoms with Crippen molar-refractivity contribution < 1.29 is 28.5 Å². The molecule has 12 heteroatoms. The summed E-state index contributed by atoms with van der Waals surface area (Å²) in [6, 6.07) is 17.6. The third-order valence-electron chi connectivity index (χ3n) is 7.45. The summed E-state index contributed by atoms with van der Waals surface area (Å²) in [5.41, 5.74) is 2.81. The van der Waals surface area contributed by atoms with Gasteiger partial charge in [-0.05, 0) is 92.3 Å². The van der Waals surface area contributed by atoms with Gasteiger partial charge in [0.05, 0.1) is 60.4 Å². The zero-order chi connectivity index (χ0) is 34.5. The molecule has 0 saturated carbocycles. The van der Waals surface area contributed by atoms with Gasteiger partial charge < -0.3 is 23.7 Å². The van der Waals surface area contributed by atoms with Gasteiger partial charge in [-0.1, -0.05) is 35.6 Å². The Morgan fingerprint density at radius 3 is 2.54 bits per heavy atom. The number of benzene rings is 3. The number of fused-ring (bicyclic) bond motifs is 1. The molecular weight excluding hydrogens is 745 g/mol. The highest BCUT2D eigenvalue weighted by atomic mass is 127. The Morgan fingerprint density at radius 2 is 1.85 bits per heavy atom. The first-order chi connectivity index (χ1) is 23.1. The number of hydrogen-bond donors (Lipinski definition) is 0. The van der Waals surface area contributed by atoms with Crippen LogP contribution in [0.25, 0.3) is 6.08 Å². The normalized spacial score (nSPS) is 14.2. The number of ether oxygens (including phenoxy) is 5. The van der Waals surface area contributed by atoms with Crippen LogP contribution in [0, 0.1) is 14.9 Å². The van der Waals surface area contributed by atoms with E-state index in [0.29, 0.717) is 60.3 Å². The van der Waals surface area contributed by atoms with Gasteiger partial charge in [-0.2, -0.15) is 5.26 Å². The van der Waals surface area contributed by atoms with Crippen molar-refractivity contribution in [3.05, 3.63) is 111 Å². The monoisotopic (exact) mass is 779 g/mol. The first-order valence-corrected chi connectivity index (χ1v) is 17.0. The number of carbonyl (C=O) groups is 1. The van der Waals surface area contributed by atoms with Gasteiger partial charge in [0, 0.05) is 14.7 Å². The van der Waals surface area contributed by atoms with Crippen molar-refractivity contribution in [1.29, 1.82) is 5.26 Å². The predicted molar refractivity (Wildman–Crippen MR) is 190 cm³/mol. The lowest BCUT2D eigenvalue weighted by Gasteiger charge is -2.25. The zero-order valence-electron chi connectivity index (χ0n) is 27.3. The number of esters is 1. The number of carbonyl (C=O) groups excluding carboxylic acids is 1. The van der Waals surface area contributed by atoms with Crippen LogP contribution in [0.5, 0.6) is 23.0 Å². The van der Waals surface area contributed by atoms with Gasteiger partial charge in [-0.25, -0.2) is 9.79 Å². The summed E-state index contributed by atoms with van der Waals surface area (Å²) in [5.74, 6) is 1.34. The largest absolute Gasteiger partial charge is 0.493 e. The Labute approximate surface area is 295 Å². The van der Waals surface area contributed by atoms with Crippen molar-refractivity contribution >= 4 is 46.0 Å².